The van der Waals surface area contributed by atoms with Crippen LogP contribution in [0.4, 0.5) is 5.69 Å². The molecular formula is C24H32N2O4S. The molecule has 1 amide bonds. The molecule has 1 heterocycles. The van der Waals surface area contributed by atoms with E-state index in [4.69, 9.17) is 4.74 Å². The molecule has 31 heavy (non-hydrogen) atoms. The molecule has 0 spiro atoms. The summed E-state index contributed by atoms with van der Waals surface area (Å²) in [7, 11) is -3.68. The number of nitrogens with one attached hydrogen (secondary N) is 1. The fraction of sp³-hybridized carbons (Fsp3) is 0.458. The van der Waals surface area contributed by atoms with Crippen LogP contribution in [0.15, 0.2) is 42.5 Å². The van der Waals surface area contributed by atoms with Gasteiger partial charge in [-0.25, -0.2) is 8.42 Å². The number of hydrogen-bond donors (Lipinski definition) is 1. The highest BCUT2D eigenvalue weighted by Gasteiger charge is 2.37. The van der Waals surface area contributed by atoms with Crippen molar-refractivity contribution in [2.45, 2.75) is 65.1 Å². The van der Waals surface area contributed by atoms with Crippen molar-refractivity contribution in [3.8, 4) is 5.75 Å². The molecule has 0 bridgehead atoms. The number of para-hydroxylation sites is 1. The number of anilines is 1. The summed E-state index contributed by atoms with van der Waals surface area (Å²) in [6.07, 6.45) is 2.08. The number of carbonyl (C=O) groups excluding carboxylic acids is 1. The first kappa shape index (κ1) is 23.1. The summed E-state index contributed by atoms with van der Waals surface area (Å²) in [5.74, 6) is 0.426. The molecule has 1 N–H and O–H groups in total. The number of rotatable bonds is 6. The summed E-state index contributed by atoms with van der Waals surface area (Å²) < 4.78 is 32.8. The molecule has 0 saturated carbocycles. The molecule has 0 saturated heterocycles. The van der Waals surface area contributed by atoms with Crippen LogP contribution >= 0.6 is 0 Å². The molecule has 168 valence electrons. The Morgan fingerprint density at radius 3 is 2.48 bits per heavy atom. The number of fused-ring (bicyclic) bond motifs is 1. The summed E-state index contributed by atoms with van der Waals surface area (Å²) in [5.41, 5.74) is 3.00. The molecular weight excluding hydrogens is 412 g/mol. The third kappa shape index (κ3) is 5.03. The number of benzene rings is 2. The topological polar surface area (TPSA) is 75.7 Å². The lowest BCUT2D eigenvalue weighted by Crippen LogP contribution is -2.51. The van der Waals surface area contributed by atoms with Gasteiger partial charge in [-0.05, 0) is 63.4 Å². The summed E-state index contributed by atoms with van der Waals surface area (Å²) in [6.45, 7) is 9.69. The van der Waals surface area contributed by atoms with Gasteiger partial charge in [-0.15, -0.1) is 0 Å². The van der Waals surface area contributed by atoms with Crippen LogP contribution in [-0.2, 0) is 14.8 Å². The highest BCUT2D eigenvalue weighted by Crippen LogP contribution is 2.39. The van der Waals surface area contributed by atoms with E-state index in [2.05, 4.69) is 5.32 Å². The summed E-state index contributed by atoms with van der Waals surface area (Å²) >= 11 is 0. The lowest BCUT2D eigenvalue weighted by atomic mass is 9.89. The molecule has 6 nitrogen and oxygen atoms in total. The highest BCUT2D eigenvalue weighted by molar-refractivity contribution is 7.92. The number of sulfonamides is 1. The average Bonchev–Trinajstić information content (AvgIpc) is 2.66. The van der Waals surface area contributed by atoms with Crippen molar-refractivity contribution >= 4 is 21.6 Å². The quantitative estimate of drug-likeness (QED) is 0.722. The highest BCUT2D eigenvalue weighted by atomic mass is 32.2. The van der Waals surface area contributed by atoms with Gasteiger partial charge in [0.1, 0.15) is 17.4 Å². The Kier molecular flexibility index (Phi) is 6.37. The minimum atomic E-state index is -3.68. The monoisotopic (exact) mass is 444 g/mol. The van der Waals surface area contributed by atoms with Crippen molar-refractivity contribution in [1.29, 1.82) is 0 Å². The zero-order valence-electron chi connectivity index (χ0n) is 19.1. The van der Waals surface area contributed by atoms with Crippen LogP contribution < -0.4 is 14.4 Å². The van der Waals surface area contributed by atoms with Crippen molar-refractivity contribution in [2.75, 3.05) is 10.6 Å². The molecule has 0 aromatic heterocycles. The first-order valence-corrected chi connectivity index (χ1v) is 12.4. The molecule has 2 atom stereocenters. The van der Waals surface area contributed by atoms with Crippen LogP contribution in [0, 0.1) is 13.8 Å². The second kappa shape index (κ2) is 8.54. The minimum Gasteiger partial charge on any atom is -0.487 e. The Bertz CT molecular complexity index is 1080. The van der Waals surface area contributed by atoms with Gasteiger partial charge in [0.25, 0.3) is 0 Å². The maximum Gasteiger partial charge on any atom is 0.244 e. The SMILES string of the molecule is CC[C@@H](C(=O)N[C@@H]1CC(C)(C)Oc2ccccc21)N(c1ccc(C)c(C)c1)S(C)(=O)=O. The van der Waals surface area contributed by atoms with E-state index in [1.807, 2.05) is 71.0 Å². The fourth-order valence-electron chi connectivity index (χ4n) is 4.12. The number of ether oxygens (including phenoxy) is 1. The van der Waals surface area contributed by atoms with E-state index in [0.717, 1.165) is 28.7 Å². The number of amides is 1. The van der Waals surface area contributed by atoms with Crippen LogP contribution in [0.3, 0.4) is 0 Å². The van der Waals surface area contributed by atoms with Crippen LogP contribution in [0.5, 0.6) is 5.75 Å². The molecule has 0 radical (unpaired) electrons. The van der Waals surface area contributed by atoms with Gasteiger partial charge in [-0.1, -0.05) is 31.2 Å². The Labute approximate surface area is 185 Å². The van der Waals surface area contributed by atoms with Gasteiger partial charge in [0.05, 0.1) is 18.0 Å². The lowest BCUT2D eigenvalue weighted by molar-refractivity contribution is -0.123. The maximum absolute atomic E-state index is 13.4. The normalized spacial score (nSPS) is 18.5. The summed E-state index contributed by atoms with van der Waals surface area (Å²) in [6, 6.07) is 12.0. The Morgan fingerprint density at radius 1 is 1.19 bits per heavy atom. The minimum absolute atomic E-state index is 0.261. The van der Waals surface area contributed by atoms with Crippen LogP contribution in [0.25, 0.3) is 0 Å². The zero-order valence-corrected chi connectivity index (χ0v) is 19.9. The van der Waals surface area contributed by atoms with E-state index in [1.54, 1.807) is 6.07 Å². The first-order chi connectivity index (χ1) is 14.4. The predicted molar refractivity (Wildman–Crippen MR) is 124 cm³/mol. The molecule has 3 rings (SSSR count). The van der Waals surface area contributed by atoms with Gasteiger partial charge >= 0.3 is 0 Å². The van der Waals surface area contributed by atoms with Crippen molar-refractivity contribution in [1.82, 2.24) is 5.32 Å². The maximum atomic E-state index is 13.4. The van der Waals surface area contributed by atoms with Gasteiger partial charge in [0.15, 0.2) is 0 Å². The Balaban J connectivity index is 1.95. The standard InChI is InChI=1S/C24H32N2O4S/c1-7-21(26(31(6,28)29)18-13-12-16(2)17(3)14-18)23(27)25-20-15-24(4,5)30-22-11-9-8-10-19(20)22/h8-14,20-21H,7,15H2,1-6H3,(H,25,27)/t20-,21+/m1/s1. The van der Waals surface area contributed by atoms with E-state index in [9.17, 15) is 13.2 Å². The van der Waals surface area contributed by atoms with Crippen LogP contribution in [0.1, 0.15) is 56.3 Å². The van der Waals surface area contributed by atoms with E-state index < -0.39 is 21.7 Å². The van der Waals surface area contributed by atoms with Crippen molar-refractivity contribution in [2.24, 2.45) is 0 Å². The van der Waals surface area contributed by atoms with E-state index in [0.29, 0.717) is 18.5 Å². The number of nitrogens with zero attached hydrogens (tertiary/aromatic N) is 1. The van der Waals surface area contributed by atoms with Crippen molar-refractivity contribution < 1.29 is 17.9 Å². The Morgan fingerprint density at radius 2 is 1.87 bits per heavy atom. The molecule has 7 heteroatoms. The molecule has 2 aromatic rings. The Hall–Kier alpha value is -2.54. The molecule has 0 aliphatic carbocycles. The molecule has 0 fully saturated rings. The summed E-state index contributed by atoms with van der Waals surface area (Å²) in [4.78, 5) is 13.4. The van der Waals surface area contributed by atoms with Crippen molar-refractivity contribution in [3.63, 3.8) is 0 Å². The van der Waals surface area contributed by atoms with E-state index >= 15 is 0 Å². The summed E-state index contributed by atoms with van der Waals surface area (Å²) in [5, 5.41) is 3.10. The second-order valence-corrected chi connectivity index (χ2v) is 10.8. The van der Waals surface area contributed by atoms with Crippen molar-refractivity contribution in [3.05, 3.63) is 59.2 Å². The smallest absolute Gasteiger partial charge is 0.244 e. The zero-order chi connectivity index (χ0) is 23.0. The average molecular weight is 445 g/mol. The van der Waals surface area contributed by atoms with Gasteiger partial charge < -0.3 is 10.1 Å². The lowest BCUT2D eigenvalue weighted by Gasteiger charge is -2.39. The molecule has 0 unspecified atom stereocenters. The molecule has 1 aliphatic heterocycles. The number of aryl methyl sites for hydroxylation is 2. The third-order valence-corrected chi connectivity index (χ3v) is 6.95. The first-order valence-electron chi connectivity index (χ1n) is 10.6. The predicted octanol–water partition coefficient (Wildman–Crippen LogP) is 4.27. The van der Waals surface area contributed by atoms with Gasteiger partial charge in [0.2, 0.25) is 15.9 Å². The van der Waals surface area contributed by atoms with E-state index in [1.165, 1.54) is 4.31 Å². The van der Waals surface area contributed by atoms with Gasteiger partial charge in [-0.2, -0.15) is 0 Å². The fourth-order valence-corrected chi connectivity index (χ4v) is 5.33. The molecule has 2 aromatic carbocycles. The third-order valence-electron chi connectivity index (χ3n) is 5.77. The number of carbonyl (C=O) groups is 1. The molecule has 1 aliphatic rings. The number of hydrogen-bond acceptors (Lipinski definition) is 4. The van der Waals surface area contributed by atoms with Gasteiger partial charge in [0, 0.05) is 12.0 Å². The van der Waals surface area contributed by atoms with Crippen LogP contribution in [-0.4, -0.2) is 32.2 Å². The van der Waals surface area contributed by atoms with E-state index in [-0.39, 0.29) is 11.9 Å². The second-order valence-electron chi connectivity index (χ2n) is 8.92. The van der Waals surface area contributed by atoms with Crippen LogP contribution in [0.2, 0.25) is 0 Å². The van der Waals surface area contributed by atoms with Gasteiger partial charge in [-0.3, -0.25) is 9.10 Å². The largest absolute Gasteiger partial charge is 0.487 e.